The fourth-order valence-corrected chi connectivity index (χ4v) is 9.42. The molecule has 2 N–H and O–H groups in total. The lowest BCUT2D eigenvalue weighted by Crippen LogP contribution is -2.80. The van der Waals surface area contributed by atoms with Crippen molar-refractivity contribution in [1.29, 1.82) is 0 Å². The molecule has 4 aliphatic carbocycles. The summed E-state index contributed by atoms with van der Waals surface area (Å²) in [5, 5.41) is 23.5. The molecule has 6 aliphatic rings. The van der Waals surface area contributed by atoms with Crippen LogP contribution >= 0.6 is 0 Å². The number of phenols is 1. The number of likely N-dealkylation sites (N-methyl/N-ethyl adjacent to an activating group) is 1. The van der Waals surface area contributed by atoms with Crippen molar-refractivity contribution in [3.8, 4) is 11.5 Å². The highest BCUT2D eigenvalue weighted by Crippen LogP contribution is 2.74. The van der Waals surface area contributed by atoms with E-state index in [1.807, 2.05) is 31.3 Å². The van der Waals surface area contributed by atoms with Crippen molar-refractivity contribution in [2.45, 2.75) is 55.3 Å². The number of benzene rings is 3. The van der Waals surface area contributed by atoms with Crippen LogP contribution in [-0.2, 0) is 29.5 Å². The number of nitrogens with zero attached hydrogens (tertiary/aromatic N) is 2. The van der Waals surface area contributed by atoms with Crippen LogP contribution < -0.4 is 4.74 Å². The molecule has 4 bridgehead atoms. The highest BCUT2D eigenvalue weighted by atomic mass is 16.5. The molecule has 2 aliphatic heterocycles. The fourth-order valence-electron chi connectivity index (χ4n) is 9.42. The number of phenolic OH excluding ortho intramolecular Hbond substituents is 1. The van der Waals surface area contributed by atoms with Crippen molar-refractivity contribution < 1.29 is 19.7 Å². The van der Waals surface area contributed by atoms with E-state index >= 15 is 0 Å². The summed E-state index contributed by atoms with van der Waals surface area (Å²) < 4.78 is 6.65. The van der Waals surface area contributed by atoms with Gasteiger partial charge in [-0.2, -0.15) is 0 Å². The van der Waals surface area contributed by atoms with E-state index in [9.17, 15) is 15.0 Å². The summed E-state index contributed by atoms with van der Waals surface area (Å²) in [7, 11) is 1.86. The van der Waals surface area contributed by atoms with Crippen LogP contribution in [0.4, 0.5) is 0 Å². The molecule has 3 aromatic rings. The Morgan fingerprint density at radius 3 is 2.45 bits per heavy atom. The van der Waals surface area contributed by atoms with Crippen LogP contribution in [0.5, 0.6) is 11.5 Å². The molecule has 3 aromatic carbocycles. The Labute approximate surface area is 247 Å². The summed E-state index contributed by atoms with van der Waals surface area (Å²) in [6.07, 6.45) is 7.50. The summed E-state index contributed by atoms with van der Waals surface area (Å²) in [6.45, 7) is 2.42. The van der Waals surface area contributed by atoms with E-state index in [4.69, 9.17) is 4.74 Å². The SMILES string of the molecule is CN(CCc1ccccc1)C(=O)[C@H]1C[C@@]23C=C[C@@]1(O)[C@@H]1Oc4c(O)ccc5c4[C@@]12CCN(CCc1ccccc1)[C@H]3C5. The van der Waals surface area contributed by atoms with Crippen molar-refractivity contribution in [1.82, 2.24) is 9.80 Å². The molecule has 2 heterocycles. The van der Waals surface area contributed by atoms with Gasteiger partial charge in [-0.1, -0.05) is 78.9 Å². The van der Waals surface area contributed by atoms with Gasteiger partial charge in [0.1, 0.15) is 11.7 Å². The summed E-state index contributed by atoms with van der Waals surface area (Å²) in [6, 6.07) is 24.8. The fraction of sp³-hybridized carbons (Fsp3) is 0.417. The van der Waals surface area contributed by atoms with Crippen LogP contribution in [0, 0.1) is 11.3 Å². The molecule has 6 nitrogen and oxygen atoms in total. The molecule has 9 rings (SSSR count). The van der Waals surface area contributed by atoms with E-state index in [1.165, 1.54) is 16.7 Å². The number of aromatic hydroxyl groups is 1. The number of likely N-dealkylation sites (tertiary alicyclic amines) is 1. The Bertz CT molecular complexity index is 1570. The van der Waals surface area contributed by atoms with Gasteiger partial charge in [0.25, 0.3) is 0 Å². The third-order valence-corrected chi connectivity index (χ3v) is 11.4. The smallest absolute Gasteiger partial charge is 0.228 e. The van der Waals surface area contributed by atoms with E-state index in [-0.39, 0.29) is 23.1 Å². The maximum atomic E-state index is 14.2. The van der Waals surface area contributed by atoms with E-state index < -0.39 is 23.0 Å². The van der Waals surface area contributed by atoms with Gasteiger partial charge in [0, 0.05) is 37.2 Å². The molecule has 6 heteroatoms. The average Bonchev–Trinajstić information content (AvgIpc) is 3.39. The molecule has 2 spiro atoms. The number of amides is 1. The number of fused-ring (bicyclic) bond motifs is 1. The molecule has 1 saturated carbocycles. The summed E-state index contributed by atoms with van der Waals surface area (Å²) >= 11 is 0. The maximum absolute atomic E-state index is 14.2. The van der Waals surface area contributed by atoms with Crippen molar-refractivity contribution in [2.75, 3.05) is 26.7 Å². The van der Waals surface area contributed by atoms with Gasteiger partial charge in [0.05, 0.1) is 11.3 Å². The molecule has 0 radical (unpaired) electrons. The zero-order valence-electron chi connectivity index (χ0n) is 24.1. The molecule has 6 atom stereocenters. The number of hydrogen-bond acceptors (Lipinski definition) is 5. The zero-order chi connectivity index (χ0) is 28.7. The van der Waals surface area contributed by atoms with Gasteiger partial charge < -0.3 is 19.8 Å². The van der Waals surface area contributed by atoms with E-state index in [0.29, 0.717) is 18.7 Å². The summed E-state index contributed by atoms with van der Waals surface area (Å²) in [4.78, 5) is 18.7. The number of hydrogen-bond donors (Lipinski definition) is 2. The minimum absolute atomic E-state index is 0.0320. The van der Waals surface area contributed by atoms with Crippen molar-refractivity contribution in [3.05, 3.63) is 107 Å². The van der Waals surface area contributed by atoms with Gasteiger partial charge in [0.2, 0.25) is 5.91 Å². The number of aliphatic hydroxyl groups is 1. The Morgan fingerprint density at radius 2 is 1.71 bits per heavy atom. The molecule has 0 unspecified atom stereocenters. The zero-order valence-corrected chi connectivity index (χ0v) is 24.1. The average molecular weight is 563 g/mol. The Hall–Kier alpha value is -3.61. The topological polar surface area (TPSA) is 73.2 Å². The third kappa shape index (κ3) is 3.36. The van der Waals surface area contributed by atoms with Crippen LogP contribution in [0.25, 0.3) is 0 Å². The molecule has 1 saturated heterocycles. The van der Waals surface area contributed by atoms with Crippen LogP contribution in [0.2, 0.25) is 0 Å². The van der Waals surface area contributed by atoms with Crippen LogP contribution in [0.15, 0.2) is 84.9 Å². The van der Waals surface area contributed by atoms with E-state index in [2.05, 4.69) is 59.5 Å². The standard InChI is InChI=1S/C36H38N2O4/c1-37(19-14-24-8-4-2-5-9-24)32(40)27-23-34-16-17-36(27,41)33-35(34)18-21-38(20-15-25-10-6-3-7-11-25)29(34)22-26-12-13-28(39)31(42-33)30(26)35/h2-13,16-17,27,29,33,39,41H,14-15,18-23H2,1H3/t27-,29+,33-,34-,35+,36+/m1/s1. The van der Waals surface area contributed by atoms with E-state index in [0.717, 1.165) is 44.3 Å². The van der Waals surface area contributed by atoms with Gasteiger partial charge in [-0.05, 0) is 61.4 Å². The Balaban J connectivity index is 1.17. The lowest BCUT2D eigenvalue weighted by Gasteiger charge is -2.70. The monoisotopic (exact) mass is 562 g/mol. The minimum Gasteiger partial charge on any atom is -0.504 e. The molecule has 42 heavy (non-hydrogen) atoms. The quantitative estimate of drug-likeness (QED) is 0.421. The first-order chi connectivity index (χ1) is 20.4. The summed E-state index contributed by atoms with van der Waals surface area (Å²) in [5.74, 6) is 0.000622. The Kier molecular flexibility index (Phi) is 5.70. The maximum Gasteiger partial charge on any atom is 0.228 e. The Morgan fingerprint density at radius 1 is 1.00 bits per heavy atom. The first-order valence-corrected chi connectivity index (χ1v) is 15.4. The number of carbonyl (C=O) groups excluding carboxylic acids is 1. The van der Waals surface area contributed by atoms with Crippen LogP contribution in [0.3, 0.4) is 0 Å². The highest BCUT2D eigenvalue weighted by molar-refractivity contribution is 5.82. The lowest BCUT2D eigenvalue weighted by atomic mass is 9.37. The predicted octanol–water partition coefficient (Wildman–Crippen LogP) is 4.27. The van der Waals surface area contributed by atoms with Crippen molar-refractivity contribution in [3.63, 3.8) is 0 Å². The molecule has 2 fully saturated rings. The van der Waals surface area contributed by atoms with E-state index in [1.54, 1.807) is 11.0 Å². The summed E-state index contributed by atoms with van der Waals surface area (Å²) in [5.41, 5.74) is 2.51. The van der Waals surface area contributed by atoms with Gasteiger partial charge >= 0.3 is 0 Å². The predicted molar refractivity (Wildman–Crippen MR) is 160 cm³/mol. The molecular formula is C36H38N2O4. The van der Waals surface area contributed by atoms with Gasteiger partial charge in [-0.15, -0.1) is 0 Å². The lowest BCUT2D eigenvalue weighted by molar-refractivity contribution is -0.209. The number of ether oxygens (including phenoxy) is 1. The highest BCUT2D eigenvalue weighted by Gasteiger charge is 2.79. The van der Waals surface area contributed by atoms with Crippen LogP contribution in [0.1, 0.15) is 35.1 Å². The second-order valence-corrected chi connectivity index (χ2v) is 13.2. The number of carbonyl (C=O) groups is 1. The van der Waals surface area contributed by atoms with Crippen molar-refractivity contribution in [2.24, 2.45) is 11.3 Å². The largest absolute Gasteiger partial charge is 0.504 e. The third-order valence-electron chi connectivity index (χ3n) is 11.4. The molecular weight excluding hydrogens is 524 g/mol. The van der Waals surface area contributed by atoms with Crippen molar-refractivity contribution >= 4 is 5.91 Å². The van der Waals surface area contributed by atoms with Gasteiger partial charge in [-0.3, -0.25) is 9.69 Å². The van der Waals surface area contributed by atoms with Crippen LogP contribution in [-0.4, -0.2) is 70.3 Å². The van der Waals surface area contributed by atoms with Gasteiger partial charge in [-0.25, -0.2) is 0 Å². The van der Waals surface area contributed by atoms with Gasteiger partial charge in [0.15, 0.2) is 11.5 Å². The first-order valence-electron chi connectivity index (χ1n) is 15.4. The second kappa shape index (κ2) is 9.19. The number of piperidine rings is 1. The normalized spacial score (nSPS) is 33.2. The minimum atomic E-state index is -1.45. The second-order valence-electron chi connectivity index (χ2n) is 13.2. The molecule has 1 amide bonds. The number of rotatable bonds is 7. The molecule has 0 aromatic heterocycles. The molecule has 216 valence electrons. The first kappa shape index (κ1) is 26.1.